The van der Waals surface area contributed by atoms with Crippen LogP contribution in [0, 0.1) is 5.92 Å². The average molecular weight is 426 g/mol. The molecular formula is C23H31N5O3. The van der Waals surface area contributed by atoms with Gasteiger partial charge in [0.25, 0.3) is 5.91 Å². The molecule has 8 heteroatoms. The van der Waals surface area contributed by atoms with Gasteiger partial charge in [-0.1, -0.05) is 12.1 Å². The molecule has 0 radical (unpaired) electrons. The molecule has 1 aromatic carbocycles. The molecule has 3 amide bonds. The summed E-state index contributed by atoms with van der Waals surface area (Å²) in [5, 5.41) is 2.36. The van der Waals surface area contributed by atoms with E-state index in [1.807, 2.05) is 12.1 Å². The lowest BCUT2D eigenvalue weighted by molar-refractivity contribution is -0.136. The highest BCUT2D eigenvalue weighted by molar-refractivity contribution is 6.05. The first-order valence-electron chi connectivity index (χ1n) is 11.5. The molecule has 0 bridgehead atoms. The summed E-state index contributed by atoms with van der Waals surface area (Å²) in [6.45, 7) is 6.16. The largest absolute Gasteiger partial charge is 0.329 e. The zero-order valence-electron chi connectivity index (χ0n) is 17.9. The highest BCUT2D eigenvalue weighted by Crippen LogP contribution is 2.37. The number of imide groups is 1. The van der Waals surface area contributed by atoms with Crippen LogP contribution in [0.3, 0.4) is 0 Å². The monoisotopic (exact) mass is 425 g/mol. The summed E-state index contributed by atoms with van der Waals surface area (Å²) in [7, 11) is 0. The van der Waals surface area contributed by atoms with E-state index in [2.05, 4.69) is 21.2 Å². The highest BCUT2D eigenvalue weighted by atomic mass is 16.2. The molecule has 3 aliphatic heterocycles. The van der Waals surface area contributed by atoms with Crippen molar-refractivity contribution in [2.45, 2.75) is 50.9 Å². The number of hydrogen-bond donors (Lipinski definition) is 2. The minimum absolute atomic E-state index is 0.111. The summed E-state index contributed by atoms with van der Waals surface area (Å²) in [5.74, 6) is 0.0807. The number of amides is 3. The number of carbonyl (C=O) groups is 3. The molecule has 1 saturated carbocycles. The summed E-state index contributed by atoms with van der Waals surface area (Å²) in [4.78, 5) is 43.3. The van der Waals surface area contributed by atoms with Gasteiger partial charge in [0.2, 0.25) is 11.8 Å². The number of nitrogens with one attached hydrogen (secondary N) is 1. The Bertz CT molecular complexity index is 899. The Balaban J connectivity index is 1.25. The number of rotatable bonds is 6. The molecule has 8 nitrogen and oxygen atoms in total. The van der Waals surface area contributed by atoms with Crippen molar-refractivity contribution in [3.8, 4) is 0 Å². The fourth-order valence-electron chi connectivity index (χ4n) is 5.41. The van der Waals surface area contributed by atoms with Gasteiger partial charge in [-0.2, -0.15) is 0 Å². The number of benzene rings is 1. The molecule has 2 unspecified atom stereocenters. The molecule has 5 rings (SSSR count). The lowest BCUT2D eigenvalue weighted by Gasteiger charge is -2.41. The maximum atomic E-state index is 12.9. The second-order valence-corrected chi connectivity index (χ2v) is 9.36. The van der Waals surface area contributed by atoms with E-state index in [0.29, 0.717) is 31.1 Å². The maximum Gasteiger partial charge on any atom is 0.255 e. The van der Waals surface area contributed by atoms with Crippen LogP contribution in [0.4, 0.5) is 0 Å². The number of nitrogens with zero attached hydrogens (tertiary/aromatic N) is 3. The Kier molecular flexibility index (Phi) is 5.54. The predicted octanol–water partition coefficient (Wildman–Crippen LogP) is 0.303. The molecule has 0 aromatic heterocycles. The molecule has 3 heterocycles. The van der Waals surface area contributed by atoms with Crippen LogP contribution in [0.25, 0.3) is 0 Å². The zero-order chi connectivity index (χ0) is 21.5. The Morgan fingerprint density at radius 1 is 1.10 bits per heavy atom. The van der Waals surface area contributed by atoms with E-state index in [1.165, 1.54) is 18.4 Å². The molecule has 0 spiro atoms. The zero-order valence-corrected chi connectivity index (χ0v) is 17.9. The third-order valence-corrected chi connectivity index (χ3v) is 7.19. The van der Waals surface area contributed by atoms with E-state index < -0.39 is 6.04 Å². The smallest absolute Gasteiger partial charge is 0.255 e. The first-order chi connectivity index (χ1) is 15.0. The van der Waals surface area contributed by atoms with E-state index in [1.54, 1.807) is 4.90 Å². The third-order valence-electron chi connectivity index (χ3n) is 7.19. The van der Waals surface area contributed by atoms with Gasteiger partial charge in [0.1, 0.15) is 6.04 Å². The molecule has 166 valence electrons. The lowest BCUT2D eigenvalue weighted by atomic mass is 10.0. The number of carbonyl (C=O) groups excluding carboxylic acids is 3. The van der Waals surface area contributed by atoms with Crippen LogP contribution in [-0.4, -0.2) is 77.2 Å². The van der Waals surface area contributed by atoms with Gasteiger partial charge in [0.05, 0.1) is 0 Å². The van der Waals surface area contributed by atoms with Gasteiger partial charge in [-0.3, -0.25) is 29.5 Å². The number of piperidine rings is 1. The van der Waals surface area contributed by atoms with Gasteiger partial charge in [0.15, 0.2) is 0 Å². The molecule has 3 fully saturated rings. The molecular weight excluding hydrogens is 394 g/mol. The van der Waals surface area contributed by atoms with Crippen molar-refractivity contribution in [1.29, 1.82) is 0 Å². The minimum atomic E-state index is -0.559. The number of fused-ring (bicyclic) bond motifs is 1. The molecule has 2 atom stereocenters. The number of nitrogens with two attached hydrogens (primary N) is 1. The van der Waals surface area contributed by atoms with E-state index in [9.17, 15) is 14.4 Å². The standard InChI is InChI=1S/C23H31N5O3/c24-7-8-27-10-9-26(14-20(27)16-2-3-16)12-15-1-4-18-17(11-15)13-28(23(18)31)19-5-6-21(29)25-22(19)30/h1,4,11,16,19-20H,2-3,5-10,12-14,24H2,(H,25,29,30). The molecule has 31 heavy (non-hydrogen) atoms. The summed E-state index contributed by atoms with van der Waals surface area (Å²) >= 11 is 0. The van der Waals surface area contributed by atoms with Crippen LogP contribution in [-0.2, 0) is 22.7 Å². The average Bonchev–Trinajstić information content (AvgIpc) is 3.54. The summed E-state index contributed by atoms with van der Waals surface area (Å²) in [5.41, 5.74) is 8.68. The van der Waals surface area contributed by atoms with E-state index in [-0.39, 0.29) is 24.1 Å². The van der Waals surface area contributed by atoms with Crippen molar-refractivity contribution in [3.63, 3.8) is 0 Å². The van der Waals surface area contributed by atoms with Crippen molar-refractivity contribution in [2.24, 2.45) is 11.7 Å². The van der Waals surface area contributed by atoms with E-state index >= 15 is 0 Å². The number of piperazine rings is 1. The third kappa shape index (κ3) is 4.12. The summed E-state index contributed by atoms with van der Waals surface area (Å²) in [6.07, 6.45) is 3.33. The van der Waals surface area contributed by atoms with Crippen LogP contribution >= 0.6 is 0 Å². The quantitative estimate of drug-likeness (QED) is 0.636. The van der Waals surface area contributed by atoms with Crippen LogP contribution < -0.4 is 11.1 Å². The maximum absolute atomic E-state index is 12.9. The van der Waals surface area contributed by atoms with Crippen LogP contribution in [0.1, 0.15) is 47.2 Å². The minimum Gasteiger partial charge on any atom is -0.329 e. The topological polar surface area (TPSA) is 99.0 Å². The van der Waals surface area contributed by atoms with Gasteiger partial charge in [-0.25, -0.2) is 0 Å². The fraction of sp³-hybridized carbons (Fsp3) is 0.609. The highest BCUT2D eigenvalue weighted by Gasteiger charge is 2.40. The summed E-state index contributed by atoms with van der Waals surface area (Å²) in [6, 6.07) is 6.12. The number of hydrogen-bond acceptors (Lipinski definition) is 6. The van der Waals surface area contributed by atoms with Gasteiger partial charge >= 0.3 is 0 Å². The van der Waals surface area contributed by atoms with Gasteiger partial charge in [-0.15, -0.1) is 0 Å². The van der Waals surface area contributed by atoms with Gasteiger partial charge in [-0.05, 0) is 42.4 Å². The fourth-order valence-corrected chi connectivity index (χ4v) is 5.41. The van der Waals surface area contributed by atoms with Crippen molar-refractivity contribution in [1.82, 2.24) is 20.0 Å². The second-order valence-electron chi connectivity index (χ2n) is 9.36. The Morgan fingerprint density at radius 2 is 1.94 bits per heavy atom. The van der Waals surface area contributed by atoms with Crippen LogP contribution in [0.5, 0.6) is 0 Å². The molecule has 2 saturated heterocycles. The van der Waals surface area contributed by atoms with E-state index in [4.69, 9.17) is 5.73 Å². The Labute approximate surface area is 182 Å². The Hall–Kier alpha value is -2.29. The summed E-state index contributed by atoms with van der Waals surface area (Å²) < 4.78 is 0. The van der Waals surface area contributed by atoms with Crippen molar-refractivity contribution < 1.29 is 14.4 Å². The van der Waals surface area contributed by atoms with Crippen molar-refractivity contribution in [3.05, 3.63) is 34.9 Å². The van der Waals surface area contributed by atoms with Crippen molar-refractivity contribution in [2.75, 3.05) is 32.7 Å². The van der Waals surface area contributed by atoms with Crippen LogP contribution in [0.2, 0.25) is 0 Å². The Morgan fingerprint density at radius 3 is 2.68 bits per heavy atom. The van der Waals surface area contributed by atoms with Crippen LogP contribution in [0.15, 0.2) is 18.2 Å². The SMILES string of the molecule is NCCN1CCN(Cc2ccc3c(c2)CN(C2CCC(=O)NC2=O)C3=O)CC1C1CC1. The van der Waals surface area contributed by atoms with Crippen molar-refractivity contribution >= 4 is 17.7 Å². The predicted molar refractivity (Wildman–Crippen MR) is 115 cm³/mol. The lowest BCUT2D eigenvalue weighted by Crippen LogP contribution is -2.54. The normalized spacial score (nSPS) is 27.5. The first kappa shape index (κ1) is 20.6. The second kappa shape index (κ2) is 8.33. The molecule has 3 N–H and O–H groups in total. The molecule has 1 aliphatic carbocycles. The molecule has 1 aromatic rings. The first-order valence-corrected chi connectivity index (χ1v) is 11.5. The van der Waals surface area contributed by atoms with Gasteiger partial charge < -0.3 is 10.6 Å². The van der Waals surface area contributed by atoms with Gasteiger partial charge in [0, 0.05) is 63.8 Å². The van der Waals surface area contributed by atoms with E-state index in [0.717, 1.165) is 44.2 Å². The molecule has 4 aliphatic rings.